The van der Waals surface area contributed by atoms with Gasteiger partial charge >= 0.3 is 0 Å². The van der Waals surface area contributed by atoms with Crippen molar-refractivity contribution in [3.63, 3.8) is 0 Å². The minimum Gasteiger partial charge on any atom is -0.504 e. The van der Waals surface area contributed by atoms with Gasteiger partial charge in [0.15, 0.2) is 11.5 Å². The SMILES string of the molecule is COc1cc2c(cc1O)CN(CCCCNC(=O)c1ccnc3ccccc13)CC2. The Labute approximate surface area is 176 Å². The molecule has 1 aliphatic rings. The van der Waals surface area contributed by atoms with Crippen molar-refractivity contribution >= 4 is 16.8 Å². The predicted molar refractivity (Wildman–Crippen MR) is 117 cm³/mol. The predicted octanol–water partition coefficient (Wildman–Crippen LogP) is 3.52. The quantitative estimate of drug-likeness (QED) is 0.589. The molecule has 0 aliphatic carbocycles. The zero-order valence-electron chi connectivity index (χ0n) is 17.2. The number of rotatable bonds is 7. The summed E-state index contributed by atoms with van der Waals surface area (Å²) in [4.78, 5) is 19.3. The summed E-state index contributed by atoms with van der Waals surface area (Å²) in [5.74, 6) is 0.689. The topological polar surface area (TPSA) is 74.7 Å². The van der Waals surface area contributed by atoms with Crippen molar-refractivity contribution in [1.82, 2.24) is 15.2 Å². The molecule has 0 saturated carbocycles. The van der Waals surface area contributed by atoms with Gasteiger partial charge in [-0.3, -0.25) is 14.7 Å². The Bertz CT molecular complexity index is 1050. The van der Waals surface area contributed by atoms with Crippen LogP contribution in [0.3, 0.4) is 0 Å². The first-order chi connectivity index (χ1) is 14.7. The molecule has 0 fully saturated rings. The van der Waals surface area contributed by atoms with E-state index in [-0.39, 0.29) is 11.7 Å². The number of aromatic hydroxyl groups is 1. The highest BCUT2D eigenvalue weighted by Gasteiger charge is 2.18. The number of amides is 1. The van der Waals surface area contributed by atoms with Gasteiger partial charge in [0.2, 0.25) is 0 Å². The molecular formula is C24H27N3O3. The van der Waals surface area contributed by atoms with Crippen molar-refractivity contribution in [3.8, 4) is 11.5 Å². The number of methoxy groups -OCH3 is 1. The lowest BCUT2D eigenvalue weighted by Gasteiger charge is -2.29. The van der Waals surface area contributed by atoms with E-state index in [9.17, 15) is 9.90 Å². The Morgan fingerprint density at radius 2 is 2.07 bits per heavy atom. The third-order valence-electron chi connectivity index (χ3n) is 5.67. The average molecular weight is 405 g/mol. The number of aromatic nitrogens is 1. The smallest absolute Gasteiger partial charge is 0.252 e. The molecule has 6 nitrogen and oxygen atoms in total. The molecule has 0 saturated heterocycles. The van der Waals surface area contributed by atoms with Crippen molar-refractivity contribution in [2.45, 2.75) is 25.8 Å². The van der Waals surface area contributed by atoms with Crippen molar-refractivity contribution < 1.29 is 14.6 Å². The van der Waals surface area contributed by atoms with Crippen LogP contribution in [0.15, 0.2) is 48.7 Å². The number of benzene rings is 2. The molecular weight excluding hydrogens is 378 g/mol. The second-order valence-electron chi connectivity index (χ2n) is 7.66. The molecule has 6 heteroatoms. The Kier molecular flexibility index (Phi) is 6.14. The fourth-order valence-electron chi connectivity index (χ4n) is 4.04. The van der Waals surface area contributed by atoms with Crippen LogP contribution >= 0.6 is 0 Å². The van der Waals surface area contributed by atoms with E-state index >= 15 is 0 Å². The number of phenolic OH excluding ortho intramolecular Hbond substituents is 1. The summed E-state index contributed by atoms with van der Waals surface area (Å²) in [5, 5.41) is 13.9. The van der Waals surface area contributed by atoms with Crippen molar-refractivity contribution in [2.24, 2.45) is 0 Å². The second kappa shape index (κ2) is 9.13. The van der Waals surface area contributed by atoms with Crippen molar-refractivity contribution in [3.05, 3.63) is 65.4 Å². The van der Waals surface area contributed by atoms with Gasteiger partial charge in [-0.1, -0.05) is 18.2 Å². The van der Waals surface area contributed by atoms with Gasteiger partial charge in [-0.2, -0.15) is 0 Å². The van der Waals surface area contributed by atoms with Crippen molar-refractivity contribution in [2.75, 3.05) is 26.7 Å². The summed E-state index contributed by atoms with van der Waals surface area (Å²) in [6, 6.07) is 13.2. The first kappa shape index (κ1) is 20.2. The molecule has 3 aromatic rings. The highest BCUT2D eigenvalue weighted by Crippen LogP contribution is 2.32. The van der Waals surface area contributed by atoms with Crippen LogP contribution in [0.4, 0.5) is 0 Å². The standard InChI is InChI=1S/C24H27N3O3/c1-30-23-15-17-9-13-27(16-18(17)14-22(23)28)12-5-4-10-26-24(29)20-8-11-25-21-7-3-2-6-19(20)21/h2-3,6-8,11,14-15,28H,4-5,9-10,12-13,16H2,1H3,(H,26,29). The monoisotopic (exact) mass is 405 g/mol. The van der Waals surface area contributed by atoms with E-state index in [2.05, 4.69) is 15.2 Å². The highest BCUT2D eigenvalue weighted by atomic mass is 16.5. The summed E-state index contributed by atoms with van der Waals surface area (Å²) in [6.45, 7) is 3.46. The Morgan fingerprint density at radius 3 is 2.93 bits per heavy atom. The van der Waals surface area contributed by atoms with Crippen molar-refractivity contribution in [1.29, 1.82) is 0 Å². The molecule has 2 heterocycles. The van der Waals surface area contributed by atoms with E-state index in [4.69, 9.17) is 4.74 Å². The minimum atomic E-state index is -0.0510. The molecule has 0 spiro atoms. The van der Waals surface area contributed by atoms with E-state index in [1.165, 1.54) is 5.56 Å². The molecule has 156 valence electrons. The number of nitrogens with zero attached hydrogens (tertiary/aromatic N) is 2. The average Bonchev–Trinajstić information content (AvgIpc) is 2.77. The lowest BCUT2D eigenvalue weighted by Crippen LogP contribution is -2.32. The number of hydrogen-bond donors (Lipinski definition) is 2. The van der Waals surface area contributed by atoms with Gasteiger partial charge in [0, 0.05) is 31.2 Å². The second-order valence-corrected chi connectivity index (χ2v) is 7.66. The number of carbonyl (C=O) groups excluding carboxylic acids is 1. The molecule has 2 aromatic carbocycles. The van der Waals surface area contributed by atoms with E-state index < -0.39 is 0 Å². The van der Waals surface area contributed by atoms with Gasteiger partial charge in [0.05, 0.1) is 18.2 Å². The van der Waals surface area contributed by atoms with E-state index in [0.29, 0.717) is 17.9 Å². The van der Waals surface area contributed by atoms with Gasteiger partial charge in [-0.15, -0.1) is 0 Å². The van der Waals surface area contributed by atoms with Crippen LogP contribution in [0.5, 0.6) is 11.5 Å². The number of pyridine rings is 1. The molecule has 0 radical (unpaired) electrons. The summed E-state index contributed by atoms with van der Waals surface area (Å²) in [5.41, 5.74) is 3.91. The number of fused-ring (bicyclic) bond motifs is 2. The largest absolute Gasteiger partial charge is 0.504 e. The van der Waals surface area contributed by atoms with Gasteiger partial charge in [0.25, 0.3) is 5.91 Å². The zero-order valence-corrected chi connectivity index (χ0v) is 17.2. The van der Waals surface area contributed by atoms with Gasteiger partial charge in [0.1, 0.15) is 0 Å². The van der Waals surface area contributed by atoms with Crippen LogP contribution in [0.2, 0.25) is 0 Å². The third kappa shape index (κ3) is 4.39. The molecule has 2 N–H and O–H groups in total. The molecule has 1 aliphatic heterocycles. The molecule has 1 aromatic heterocycles. The highest BCUT2D eigenvalue weighted by molar-refractivity contribution is 6.05. The number of unbranched alkanes of at least 4 members (excludes halogenated alkanes) is 1. The first-order valence-corrected chi connectivity index (χ1v) is 10.4. The number of para-hydroxylation sites is 1. The molecule has 1 amide bonds. The van der Waals surface area contributed by atoms with Crippen LogP contribution < -0.4 is 10.1 Å². The number of ether oxygens (including phenoxy) is 1. The Balaban J connectivity index is 1.24. The van der Waals surface area contributed by atoms with Crippen LogP contribution in [-0.2, 0) is 13.0 Å². The van der Waals surface area contributed by atoms with Gasteiger partial charge < -0.3 is 15.2 Å². The first-order valence-electron chi connectivity index (χ1n) is 10.4. The summed E-state index contributed by atoms with van der Waals surface area (Å²) in [6.07, 6.45) is 4.57. The number of carbonyl (C=O) groups is 1. The lowest BCUT2D eigenvalue weighted by molar-refractivity contribution is 0.0954. The Hall–Kier alpha value is -3.12. The van der Waals surface area contributed by atoms with Crippen LogP contribution in [0.1, 0.15) is 34.3 Å². The van der Waals surface area contributed by atoms with E-state index in [1.807, 2.05) is 36.4 Å². The van der Waals surface area contributed by atoms with Crippen LogP contribution in [-0.4, -0.2) is 47.6 Å². The number of phenols is 1. The number of hydrogen-bond acceptors (Lipinski definition) is 5. The van der Waals surface area contributed by atoms with E-state index in [0.717, 1.165) is 55.4 Å². The van der Waals surface area contributed by atoms with E-state index in [1.54, 1.807) is 19.4 Å². The fraction of sp³-hybridized carbons (Fsp3) is 0.333. The van der Waals surface area contributed by atoms with Crippen LogP contribution in [0, 0.1) is 0 Å². The fourth-order valence-corrected chi connectivity index (χ4v) is 4.04. The third-order valence-corrected chi connectivity index (χ3v) is 5.67. The van der Waals surface area contributed by atoms with Gasteiger partial charge in [-0.25, -0.2) is 0 Å². The van der Waals surface area contributed by atoms with Crippen LogP contribution in [0.25, 0.3) is 10.9 Å². The molecule has 0 atom stereocenters. The normalized spacial score (nSPS) is 13.8. The number of nitrogens with one attached hydrogen (secondary N) is 1. The zero-order chi connectivity index (χ0) is 20.9. The maximum atomic E-state index is 12.6. The summed E-state index contributed by atoms with van der Waals surface area (Å²) in [7, 11) is 1.58. The maximum Gasteiger partial charge on any atom is 0.252 e. The lowest BCUT2D eigenvalue weighted by atomic mass is 9.98. The minimum absolute atomic E-state index is 0.0510. The summed E-state index contributed by atoms with van der Waals surface area (Å²) >= 11 is 0. The van der Waals surface area contributed by atoms with Gasteiger partial charge in [-0.05, 0) is 61.2 Å². The molecule has 30 heavy (non-hydrogen) atoms. The maximum absolute atomic E-state index is 12.6. The Morgan fingerprint density at radius 1 is 1.20 bits per heavy atom. The molecule has 0 bridgehead atoms. The molecule has 4 rings (SSSR count). The molecule has 0 unspecified atom stereocenters. The summed E-state index contributed by atoms with van der Waals surface area (Å²) < 4.78 is 5.20.